The van der Waals surface area contributed by atoms with Crippen molar-refractivity contribution in [1.29, 1.82) is 0 Å². The molecule has 90 valence electrons. The van der Waals surface area contributed by atoms with Crippen molar-refractivity contribution in [2.24, 2.45) is 0 Å². The van der Waals surface area contributed by atoms with Crippen LogP contribution in [0.25, 0.3) is 11.5 Å². The lowest BCUT2D eigenvalue weighted by atomic mass is 10.2. The second-order valence-corrected chi connectivity index (χ2v) is 4.35. The Hall–Kier alpha value is -1.30. The maximum Gasteiger partial charge on any atom is 0.396 e. The first-order valence-electron chi connectivity index (χ1n) is 4.71. The van der Waals surface area contributed by atoms with Crippen molar-refractivity contribution in [3.63, 3.8) is 0 Å². The van der Waals surface area contributed by atoms with E-state index in [1.54, 1.807) is 24.3 Å². The molecule has 2 nitrogen and oxygen atoms in total. The van der Waals surface area contributed by atoms with Gasteiger partial charge in [0.1, 0.15) is 12.2 Å². The molecule has 1 aromatic carbocycles. The van der Waals surface area contributed by atoms with Crippen molar-refractivity contribution >= 4 is 15.9 Å². The Morgan fingerprint density at radius 2 is 1.82 bits per heavy atom. The smallest absolute Gasteiger partial charge is 0.396 e. The molecule has 2 aromatic rings. The third-order valence-corrected chi connectivity index (χ3v) is 2.55. The predicted octanol–water partition coefficient (Wildman–Crippen LogP) is 4.21. The molecule has 0 aliphatic rings. The first-order chi connectivity index (χ1) is 7.94. The van der Waals surface area contributed by atoms with Gasteiger partial charge in [0, 0.05) is 10.0 Å². The molecule has 0 saturated heterocycles. The summed E-state index contributed by atoms with van der Waals surface area (Å²) in [7, 11) is 0. The molecule has 0 amide bonds. The molecule has 0 radical (unpaired) electrons. The summed E-state index contributed by atoms with van der Waals surface area (Å²) < 4.78 is 42.3. The quantitative estimate of drug-likeness (QED) is 0.830. The topological polar surface area (TPSA) is 26.0 Å². The van der Waals surface area contributed by atoms with Gasteiger partial charge in [0.25, 0.3) is 0 Å². The number of oxazole rings is 1. The van der Waals surface area contributed by atoms with E-state index in [0.717, 1.165) is 10.7 Å². The Labute approximate surface area is 104 Å². The van der Waals surface area contributed by atoms with E-state index in [4.69, 9.17) is 4.42 Å². The standard InChI is InChI=1S/C11H7BrF3NO/c12-8-3-1-7(2-4-8)10-16-6-9(17-10)5-11(13,14)15/h1-4,6H,5H2. The van der Waals surface area contributed by atoms with Gasteiger partial charge in [-0.05, 0) is 24.3 Å². The van der Waals surface area contributed by atoms with Crippen molar-refractivity contribution in [2.75, 3.05) is 0 Å². The minimum absolute atomic E-state index is 0.185. The molecule has 17 heavy (non-hydrogen) atoms. The molecule has 0 fully saturated rings. The average Bonchev–Trinajstić information content (AvgIpc) is 2.64. The number of alkyl halides is 3. The van der Waals surface area contributed by atoms with E-state index in [1.165, 1.54) is 0 Å². The largest absolute Gasteiger partial charge is 0.441 e. The van der Waals surface area contributed by atoms with Crippen LogP contribution in [0.5, 0.6) is 0 Å². The van der Waals surface area contributed by atoms with Crippen molar-refractivity contribution < 1.29 is 17.6 Å². The molecule has 0 atom stereocenters. The van der Waals surface area contributed by atoms with E-state index < -0.39 is 12.6 Å². The monoisotopic (exact) mass is 305 g/mol. The third kappa shape index (κ3) is 3.33. The van der Waals surface area contributed by atoms with Gasteiger partial charge in [0.15, 0.2) is 0 Å². The summed E-state index contributed by atoms with van der Waals surface area (Å²) in [5.74, 6) is 0.00664. The third-order valence-electron chi connectivity index (χ3n) is 2.02. The highest BCUT2D eigenvalue weighted by molar-refractivity contribution is 9.10. The summed E-state index contributed by atoms with van der Waals surface area (Å²) in [4.78, 5) is 3.82. The summed E-state index contributed by atoms with van der Waals surface area (Å²) in [6.07, 6.45) is -4.28. The summed E-state index contributed by atoms with van der Waals surface area (Å²) in [6.45, 7) is 0. The second-order valence-electron chi connectivity index (χ2n) is 3.43. The van der Waals surface area contributed by atoms with E-state index in [0.29, 0.717) is 5.56 Å². The van der Waals surface area contributed by atoms with E-state index >= 15 is 0 Å². The van der Waals surface area contributed by atoms with Crippen LogP contribution >= 0.6 is 15.9 Å². The molecule has 0 N–H and O–H groups in total. The van der Waals surface area contributed by atoms with Gasteiger partial charge in [-0.1, -0.05) is 15.9 Å². The minimum atomic E-state index is -4.28. The molecular weight excluding hydrogens is 299 g/mol. The summed E-state index contributed by atoms with van der Waals surface area (Å²) in [6, 6.07) is 6.96. The number of nitrogens with zero attached hydrogens (tertiary/aromatic N) is 1. The van der Waals surface area contributed by atoms with Gasteiger partial charge in [0.05, 0.1) is 6.20 Å². The Kier molecular flexibility index (Phi) is 3.24. The first kappa shape index (κ1) is 12.2. The molecule has 1 aromatic heterocycles. The van der Waals surface area contributed by atoms with Crippen molar-refractivity contribution in [2.45, 2.75) is 12.6 Å². The van der Waals surface area contributed by atoms with Crippen LogP contribution in [0.3, 0.4) is 0 Å². The van der Waals surface area contributed by atoms with Crippen LogP contribution in [-0.4, -0.2) is 11.2 Å². The molecule has 0 aliphatic heterocycles. The van der Waals surface area contributed by atoms with E-state index in [9.17, 15) is 13.2 Å². The predicted molar refractivity (Wildman–Crippen MR) is 59.4 cm³/mol. The fourth-order valence-electron chi connectivity index (χ4n) is 1.31. The molecule has 2 rings (SSSR count). The fraction of sp³-hybridized carbons (Fsp3) is 0.182. The van der Waals surface area contributed by atoms with Crippen LogP contribution in [0.15, 0.2) is 39.4 Å². The van der Waals surface area contributed by atoms with Crippen LogP contribution in [0, 0.1) is 0 Å². The van der Waals surface area contributed by atoms with Gasteiger partial charge in [-0.2, -0.15) is 13.2 Å². The summed E-state index contributed by atoms with van der Waals surface area (Å²) in [5.41, 5.74) is 0.640. The van der Waals surface area contributed by atoms with Gasteiger partial charge in [-0.25, -0.2) is 4.98 Å². The van der Waals surface area contributed by atoms with Crippen LogP contribution in [0.1, 0.15) is 5.76 Å². The summed E-state index contributed by atoms with van der Waals surface area (Å²) >= 11 is 3.26. The highest BCUT2D eigenvalue weighted by Crippen LogP contribution is 2.25. The normalized spacial score (nSPS) is 11.8. The number of rotatable bonds is 2. The van der Waals surface area contributed by atoms with Crippen LogP contribution in [0.2, 0.25) is 0 Å². The maximum absolute atomic E-state index is 12.1. The molecule has 0 spiro atoms. The minimum Gasteiger partial charge on any atom is -0.441 e. The van der Waals surface area contributed by atoms with Crippen molar-refractivity contribution in [1.82, 2.24) is 4.98 Å². The summed E-state index contributed by atoms with van der Waals surface area (Å²) in [5, 5.41) is 0. The number of halogens is 4. The van der Waals surface area contributed by atoms with Gasteiger partial charge < -0.3 is 4.42 Å². The highest BCUT2D eigenvalue weighted by atomic mass is 79.9. The zero-order chi connectivity index (χ0) is 12.5. The number of hydrogen-bond donors (Lipinski definition) is 0. The van der Waals surface area contributed by atoms with E-state index in [-0.39, 0.29) is 11.7 Å². The Morgan fingerprint density at radius 3 is 2.41 bits per heavy atom. The SMILES string of the molecule is FC(F)(F)Cc1cnc(-c2ccc(Br)cc2)o1. The number of hydrogen-bond acceptors (Lipinski definition) is 2. The molecule has 1 heterocycles. The van der Waals surface area contributed by atoms with Crippen molar-refractivity contribution in [3.8, 4) is 11.5 Å². The molecule has 0 unspecified atom stereocenters. The molecule has 0 saturated carbocycles. The van der Waals surface area contributed by atoms with Gasteiger partial charge in [0.2, 0.25) is 5.89 Å². The van der Waals surface area contributed by atoms with E-state index in [2.05, 4.69) is 20.9 Å². The Balaban J connectivity index is 2.21. The zero-order valence-electron chi connectivity index (χ0n) is 8.46. The fourth-order valence-corrected chi connectivity index (χ4v) is 1.58. The number of benzene rings is 1. The van der Waals surface area contributed by atoms with Crippen molar-refractivity contribution in [3.05, 3.63) is 40.7 Å². The lowest BCUT2D eigenvalue weighted by Crippen LogP contribution is -2.10. The highest BCUT2D eigenvalue weighted by Gasteiger charge is 2.29. The number of aromatic nitrogens is 1. The maximum atomic E-state index is 12.1. The van der Waals surface area contributed by atoms with Crippen LogP contribution in [0.4, 0.5) is 13.2 Å². The zero-order valence-corrected chi connectivity index (χ0v) is 10.0. The van der Waals surface area contributed by atoms with E-state index in [1.807, 2.05) is 0 Å². The Morgan fingerprint density at radius 1 is 1.18 bits per heavy atom. The molecular formula is C11H7BrF3NO. The second kappa shape index (κ2) is 4.52. The Bertz CT molecular complexity index is 504. The average molecular weight is 306 g/mol. The van der Waals surface area contributed by atoms with Crippen LogP contribution in [-0.2, 0) is 6.42 Å². The lowest BCUT2D eigenvalue weighted by molar-refractivity contribution is -0.130. The molecule has 0 bridgehead atoms. The van der Waals surface area contributed by atoms with Crippen LogP contribution < -0.4 is 0 Å². The van der Waals surface area contributed by atoms with Gasteiger partial charge in [-0.15, -0.1) is 0 Å². The molecule has 6 heteroatoms. The lowest BCUT2D eigenvalue weighted by Gasteiger charge is -2.01. The first-order valence-corrected chi connectivity index (χ1v) is 5.51. The van der Waals surface area contributed by atoms with Gasteiger partial charge >= 0.3 is 6.18 Å². The molecule has 0 aliphatic carbocycles. The van der Waals surface area contributed by atoms with Gasteiger partial charge in [-0.3, -0.25) is 0 Å².